The highest BCUT2D eigenvalue weighted by atomic mass is 32.1. The van der Waals surface area contributed by atoms with Crippen molar-refractivity contribution in [2.24, 2.45) is 0 Å². The first kappa shape index (κ1) is 17.2. The van der Waals surface area contributed by atoms with E-state index >= 15 is 0 Å². The van der Waals surface area contributed by atoms with Crippen molar-refractivity contribution in [3.63, 3.8) is 0 Å². The Morgan fingerprint density at radius 1 is 1.25 bits per heavy atom. The largest absolute Gasteiger partial charge is 0.497 e. The Hall–Kier alpha value is -1.63. The zero-order valence-corrected chi connectivity index (χ0v) is 15.4. The van der Waals surface area contributed by atoms with Crippen molar-refractivity contribution in [3.8, 4) is 11.5 Å². The van der Waals surface area contributed by atoms with Gasteiger partial charge in [0.15, 0.2) is 0 Å². The summed E-state index contributed by atoms with van der Waals surface area (Å²) in [7, 11) is 3.38. The van der Waals surface area contributed by atoms with Crippen LogP contribution < -0.4 is 14.8 Å². The van der Waals surface area contributed by atoms with E-state index in [1.165, 1.54) is 17.0 Å². The van der Waals surface area contributed by atoms with Gasteiger partial charge < -0.3 is 14.8 Å². The SMILES string of the molecule is COc1cc(CN2CCC(NCc3nc(C)cs3)C2)cc(OC)c1. The normalized spacial score (nSPS) is 18.0. The minimum absolute atomic E-state index is 0.529. The molecule has 1 atom stereocenters. The number of methoxy groups -OCH3 is 2. The second-order valence-corrected chi connectivity index (χ2v) is 7.15. The first-order valence-corrected chi connectivity index (χ1v) is 9.13. The molecule has 2 heterocycles. The van der Waals surface area contributed by atoms with E-state index in [-0.39, 0.29) is 0 Å². The molecule has 1 aromatic heterocycles. The van der Waals surface area contributed by atoms with E-state index in [4.69, 9.17) is 9.47 Å². The zero-order chi connectivity index (χ0) is 16.9. The van der Waals surface area contributed by atoms with Gasteiger partial charge in [-0.15, -0.1) is 11.3 Å². The standard InChI is InChI=1S/C18H25N3O2S/c1-13-12-24-18(20-13)9-19-15-4-5-21(11-15)10-14-6-16(22-2)8-17(7-14)23-3/h6-8,12,15,19H,4-5,9-11H2,1-3H3. The third-order valence-corrected chi connectivity index (χ3v) is 5.26. The summed E-state index contributed by atoms with van der Waals surface area (Å²) in [4.78, 5) is 6.98. The van der Waals surface area contributed by atoms with Crippen molar-refractivity contribution >= 4 is 11.3 Å². The summed E-state index contributed by atoms with van der Waals surface area (Å²) in [5, 5.41) is 6.90. The maximum atomic E-state index is 5.36. The second kappa shape index (κ2) is 7.96. The third-order valence-electron chi connectivity index (χ3n) is 4.30. The van der Waals surface area contributed by atoms with Crippen molar-refractivity contribution in [2.45, 2.75) is 32.5 Å². The lowest BCUT2D eigenvalue weighted by Gasteiger charge is -2.17. The molecule has 1 fully saturated rings. The molecule has 1 aromatic carbocycles. The summed E-state index contributed by atoms with van der Waals surface area (Å²) in [5.74, 6) is 1.69. The molecule has 0 radical (unpaired) electrons. The van der Waals surface area contributed by atoms with Gasteiger partial charge in [0.05, 0.1) is 14.2 Å². The molecule has 0 bridgehead atoms. The van der Waals surface area contributed by atoms with Gasteiger partial charge in [-0.1, -0.05) is 0 Å². The lowest BCUT2D eigenvalue weighted by atomic mass is 10.2. The molecule has 6 heteroatoms. The second-order valence-electron chi connectivity index (χ2n) is 6.21. The quantitative estimate of drug-likeness (QED) is 0.834. The number of hydrogen-bond donors (Lipinski definition) is 1. The van der Waals surface area contributed by atoms with Crippen molar-refractivity contribution in [1.82, 2.24) is 15.2 Å². The van der Waals surface area contributed by atoms with Gasteiger partial charge in [-0.3, -0.25) is 4.90 Å². The number of benzene rings is 1. The maximum Gasteiger partial charge on any atom is 0.122 e. The highest BCUT2D eigenvalue weighted by Crippen LogP contribution is 2.24. The van der Waals surface area contributed by atoms with E-state index in [0.717, 1.165) is 43.4 Å². The summed E-state index contributed by atoms with van der Waals surface area (Å²) in [6.45, 7) is 5.99. The van der Waals surface area contributed by atoms with E-state index in [0.29, 0.717) is 6.04 Å². The molecule has 5 nitrogen and oxygen atoms in total. The molecule has 1 N–H and O–H groups in total. The minimum atomic E-state index is 0.529. The van der Waals surface area contributed by atoms with Gasteiger partial charge in [0.2, 0.25) is 0 Å². The average Bonchev–Trinajstić information content (AvgIpc) is 3.21. The van der Waals surface area contributed by atoms with Gasteiger partial charge in [0.25, 0.3) is 0 Å². The lowest BCUT2D eigenvalue weighted by molar-refractivity contribution is 0.317. The van der Waals surface area contributed by atoms with Gasteiger partial charge in [-0.05, 0) is 31.0 Å². The van der Waals surface area contributed by atoms with Crippen molar-refractivity contribution in [1.29, 1.82) is 0 Å². The first-order valence-electron chi connectivity index (χ1n) is 8.25. The van der Waals surface area contributed by atoms with Crippen LogP contribution in [0.5, 0.6) is 11.5 Å². The molecular formula is C18H25N3O2S. The summed E-state index contributed by atoms with van der Waals surface area (Å²) in [6, 6.07) is 6.61. The van der Waals surface area contributed by atoms with Gasteiger partial charge in [-0.25, -0.2) is 4.98 Å². The van der Waals surface area contributed by atoms with Crippen LogP contribution in [0, 0.1) is 6.92 Å². The van der Waals surface area contributed by atoms with E-state index in [2.05, 4.69) is 32.7 Å². The van der Waals surface area contributed by atoms with E-state index in [9.17, 15) is 0 Å². The number of hydrogen-bond acceptors (Lipinski definition) is 6. The minimum Gasteiger partial charge on any atom is -0.497 e. The van der Waals surface area contributed by atoms with E-state index < -0.39 is 0 Å². The monoisotopic (exact) mass is 347 g/mol. The molecule has 130 valence electrons. The molecule has 0 saturated carbocycles. The molecule has 1 aliphatic rings. The molecule has 0 spiro atoms. The van der Waals surface area contributed by atoms with Crippen LogP contribution in [-0.2, 0) is 13.1 Å². The Bertz CT molecular complexity index is 652. The van der Waals surface area contributed by atoms with Crippen LogP contribution in [0.4, 0.5) is 0 Å². The highest BCUT2D eigenvalue weighted by Gasteiger charge is 2.22. The smallest absolute Gasteiger partial charge is 0.122 e. The Balaban J connectivity index is 1.52. The first-order chi connectivity index (χ1) is 11.7. The van der Waals surface area contributed by atoms with E-state index in [1.54, 1.807) is 25.6 Å². The Morgan fingerprint density at radius 2 is 2.00 bits per heavy atom. The number of likely N-dealkylation sites (tertiary alicyclic amines) is 1. The number of thiazole rings is 1. The fraction of sp³-hybridized carbons (Fsp3) is 0.500. The third kappa shape index (κ3) is 4.47. The van der Waals surface area contributed by atoms with Crippen LogP contribution in [-0.4, -0.2) is 43.2 Å². The zero-order valence-electron chi connectivity index (χ0n) is 14.5. The number of ether oxygens (including phenoxy) is 2. The van der Waals surface area contributed by atoms with Crippen LogP contribution in [0.15, 0.2) is 23.6 Å². The van der Waals surface area contributed by atoms with Crippen LogP contribution >= 0.6 is 11.3 Å². The summed E-state index contributed by atoms with van der Waals surface area (Å²) in [6.07, 6.45) is 1.17. The average molecular weight is 347 g/mol. The number of rotatable bonds is 7. The Kier molecular flexibility index (Phi) is 5.71. The lowest BCUT2D eigenvalue weighted by Crippen LogP contribution is -2.31. The van der Waals surface area contributed by atoms with Crippen LogP contribution in [0.2, 0.25) is 0 Å². The van der Waals surface area contributed by atoms with Gasteiger partial charge in [0, 0.05) is 49.4 Å². The maximum absolute atomic E-state index is 5.36. The molecule has 2 aromatic rings. The molecular weight excluding hydrogens is 322 g/mol. The summed E-state index contributed by atoms with van der Waals surface area (Å²) < 4.78 is 10.7. The molecule has 0 amide bonds. The van der Waals surface area contributed by atoms with Crippen molar-refractivity contribution in [2.75, 3.05) is 27.3 Å². The Labute approximate surface area is 147 Å². The van der Waals surface area contributed by atoms with Gasteiger partial charge in [0.1, 0.15) is 16.5 Å². The Morgan fingerprint density at radius 3 is 2.62 bits per heavy atom. The van der Waals surface area contributed by atoms with Crippen molar-refractivity contribution < 1.29 is 9.47 Å². The number of aromatic nitrogens is 1. The van der Waals surface area contributed by atoms with Crippen LogP contribution in [0.1, 0.15) is 22.7 Å². The molecule has 1 aliphatic heterocycles. The fourth-order valence-corrected chi connectivity index (χ4v) is 3.80. The number of nitrogens with one attached hydrogen (secondary N) is 1. The summed E-state index contributed by atoms with van der Waals surface area (Å²) >= 11 is 1.73. The predicted molar refractivity (Wildman–Crippen MR) is 96.9 cm³/mol. The number of aryl methyl sites for hydroxylation is 1. The van der Waals surface area contributed by atoms with Crippen LogP contribution in [0.25, 0.3) is 0 Å². The highest BCUT2D eigenvalue weighted by molar-refractivity contribution is 7.09. The predicted octanol–water partition coefficient (Wildman–Crippen LogP) is 2.83. The topological polar surface area (TPSA) is 46.6 Å². The van der Waals surface area contributed by atoms with E-state index in [1.807, 2.05) is 13.0 Å². The molecule has 1 saturated heterocycles. The molecule has 0 aliphatic carbocycles. The van der Waals surface area contributed by atoms with Crippen molar-refractivity contribution in [3.05, 3.63) is 39.8 Å². The fourth-order valence-electron chi connectivity index (χ4n) is 3.07. The molecule has 24 heavy (non-hydrogen) atoms. The molecule has 3 rings (SSSR count). The number of nitrogens with zero attached hydrogens (tertiary/aromatic N) is 2. The van der Waals surface area contributed by atoms with Gasteiger partial charge in [-0.2, -0.15) is 0 Å². The van der Waals surface area contributed by atoms with Crippen LogP contribution in [0.3, 0.4) is 0 Å². The molecule has 1 unspecified atom stereocenters. The van der Waals surface area contributed by atoms with Gasteiger partial charge >= 0.3 is 0 Å². The summed E-state index contributed by atoms with van der Waals surface area (Å²) in [5.41, 5.74) is 2.33.